The Morgan fingerprint density at radius 3 is 2.59 bits per heavy atom. The number of hydrogen-bond acceptors (Lipinski definition) is 5. The van der Waals surface area contributed by atoms with Gasteiger partial charge in [-0.1, -0.05) is 13.0 Å². The number of carbonyl (C=O) groups excluding carboxylic acids is 2. The van der Waals surface area contributed by atoms with Gasteiger partial charge in [0.1, 0.15) is 6.04 Å². The van der Waals surface area contributed by atoms with Gasteiger partial charge in [-0.15, -0.1) is 0 Å². The Morgan fingerprint density at radius 2 is 1.94 bits per heavy atom. The third-order valence-electron chi connectivity index (χ3n) is 6.60. The number of hydrogen-bond donors (Lipinski definition) is 1. The second-order valence-corrected chi connectivity index (χ2v) is 9.66. The number of likely N-dealkylation sites (N-methyl/N-ethyl adjacent to an activating group) is 1. The first kappa shape index (κ1) is 26.3. The molecule has 2 heterocycles. The van der Waals surface area contributed by atoms with Crippen molar-refractivity contribution >= 4 is 17.5 Å². The molecule has 34 heavy (non-hydrogen) atoms. The zero-order chi connectivity index (χ0) is 25.0. The van der Waals surface area contributed by atoms with Gasteiger partial charge in [0.15, 0.2) is 0 Å². The summed E-state index contributed by atoms with van der Waals surface area (Å²) in [4.78, 5) is 33.0. The predicted octanol–water partition coefficient (Wildman–Crippen LogP) is 2.29. The highest BCUT2D eigenvalue weighted by molar-refractivity contribution is 5.88. The number of piperidine rings is 1. The summed E-state index contributed by atoms with van der Waals surface area (Å²) in [6.07, 6.45) is -3.52. The Bertz CT molecular complexity index is 854. The molecule has 2 aliphatic rings. The Labute approximate surface area is 199 Å². The van der Waals surface area contributed by atoms with Gasteiger partial charge < -0.3 is 24.7 Å². The summed E-state index contributed by atoms with van der Waals surface area (Å²) in [5, 5.41) is 10.1. The fourth-order valence-electron chi connectivity index (χ4n) is 4.93. The van der Waals surface area contributed by atoms with Crippen molar-refractivity contribution in [2.45, 2.75) is 44.5 Å². The molecule has 0 radical (unpaired) electrons. The molecule has 2 saturated heterocycles. The molecule has 7 nitrogen and oxygen atoms in total. The Hall–Kier alpha value is -2.33. The van der Waals surface area contributed by atoms with E-state index in [-0.39, 0.29) is 31.3 Å². The number of halogens is 3. The van der Waals surface area contributed by atoms with E-state index >= 15 is 0 Å². The molecule has 2 amide bonds. The highest BCUT2D eigenvalue weighted by Crippen LogP contribution is 2.32. The molecule has 10 heteroatoms. The van der Waals surface area contributed by atoms with Gasteiger partial charge in [0, 0.05) is 65.5 Å². The number of β-amino-alcohol motifs (C(OH)–C–C–N with tert-alkyl or cyclic N) is 1. The number of benzene rings is 1. The van der Waals surface area contributed by atoms with Crippen molar-refractivity contribution in [3.05, 3.63) is 29.8 Å². The van der Waals surface area contributed by atoms with Crippen molar-refractivity contribution in [1.82, 2.24) is 14.7 Å². The standard InChI is InChI=1S/C24H35F3N4O3/c1-17-13-20(32)16-29(15-17)9-7-21(23(34)28(2)3)31-12-11-30(10-8-22(31)33)19-6-4-5-18(14-19)24(25,26)27/h4-6,14,17,20-21,32H,7-13,15-16H2,1-3H3. The van der Waals surface area contributed by atoms with Crippen LogP contribution in [0.2, 0.25) is 0 Å². The van der Waals surface area contributed by atoms with E-state index in [4.69, 9.17) is 0 Å². The highest BCUT2D eigenvalue weighted by Gasteiger charge is 2.35. The van der Waals surface area contributed by atoms with E-state index in [9.17, 15) is 27.9 Å². The molecule has 190 valence electrons. The van der Waals surface area contributed by atoms with Gasteiger partial charge in [-0.2, -0.15) is 13.2 Å². The van der Waals surface area contributed by atoms with Crippen LogP contribution in [0.15, 0.2) is 24.3 Å². The molecule has 0 aliphatic carbocycles. The van der Waals surface area contributed by atoms with Gasteiger partial charge >= 0.3 is 6.18 Å². The number of rotatable bonds is 6. The van der Waals surface area contributed by atoms with Gasteiger partial charge in [0.25, 0.3) is 0 Å². The maximum atomic E-state index is 13.2. The second-order valence-electron chi connectivity index (χ2n) is 9.66. The first-order valence-corrected chi connectivity index (χ1v) is 11.8. The molecule has 0 aromatic heterocycles. The molecule has 0 bridgehead atoms. The number of likely N-dealkylation sites (tertiary alicyclic amines) is 1. The van der Waals surface area contributed by atoms with E-state index in [0.29, 0.717) is 37.7 Å². The molecule has 1 aromatic rings. The zero-order valence-electron chi connectivity index (χ0n) is 20.1. The van der Waals surface area contributed by atoms with Crippen LogP contribution in [0.3, 0.4) is 0 Å². The number of amides is 2. The summed E-state index contributed by atoms with van der Waals surface area (Å²) in [5.74, 6) is 0.000729. The lowest BCUT2D eigenvalue weighted by Crippen LogP contribution is -2.52. The van der Waals surface area contributed by atoms with Crippen LogP contribution in [0.4, 0.5) is 18.9 Å². The smallest absolute Gasteiger partial charge is 0.392 e. The predicted molar refractivity (Wildman–Crippen MR) is 123 cm³/mol. The van der Waals surface area contributed by atoms with E-state index in [1.165, 1.54) is 11.0 Å². The van der Waals surface area contributed by atoms with Gasteiger partial charge in [-0.05, 0) is 37.0 Å². The summed E-state index contributed by atoms with van der Waals surface area (Å²) in [5.41, 5.74) is -0.313. The molecule has 3 unspecified atom stereocenters. The average Bonchev–Trinajstić information content (AvgIpc) is 2.94. The van der Waals surface area contributed by atoms with Gasteiger partial charge in [0.2, 0.25) is 11.8 Å². The summed E-state index contributed by atoms with van der Waals surface area (Å²) < 4.78 is 39.5. The Morgan fingerprint density at radius 1 is 1.21 bits per heavy atom. The third-order valence-corrected chi connectivity index (χ3v) is 6.60. The van der Waals surface area contributed by atoms with E-state index in [2.05, 4.69) is 11.8 Å². The second kappa shape index (κ2) is 10.9. The minimum Gasteiger partial charge on any atom is -0.392 e. The summed E-state index contributed by atoms with van der Waals surface area (Å²) in [6, 6.07) is 4.46. The quantitative estimate of drug-likeness (QED) is 0.671. The van der Waals surface area contributed by atoms with Crippen molar-refractivity contribution in [2.24, 2.45) is 5.92 Å². The molecular formula is C24H35F3N4O3. The number of alkyl halides is 3. The maximum Gasteiger partial charge on any atom is 0.416 e. The average molecular weight is 485 g/mol. The fraction of sp³-hybridized carbons (Fsp3) is 0.667. The summed E-state index contributed by atoms with van der Waals surface area (Å²) in [7, 11) is 3.30. The van der Waals surface area contributed by atoms with Gasteiger partial charge in [-0.3, -0.25) is 9.59 Å². The van der Waals surface area contributed by atoms with E-state index in [0.717, 1.165) is 25.1 Å². The maximum absolute atomic E-state index is 13.2. The summed E-state index contributed by atoms with van der Waals surface area (Å²) >= 11 is 0. The van der Waals surface area contributed by atoms with Crippen LogP contribution in [0.1, 0.15) is 31.7 Å². The van der Waals surface area contributed by atoms with Crippen LogP contribution in [0.25, 0.3) is 0 Å². The molecule has 0 spiro atoms. The topological polar surface area (TPSA) is 67.3 Å². The minimum atomic E-state index is -4.44. The molecule has 3 rings (SSSR count). The van der Waals surface area contributed by atoms with E-state index < -0.39 is 23.9 Å². The highest BCUT2D eigenvalue weighted by atomic mass is 19.4. The SMILES string of the molecule is CC1CC(O)CN(CCC(C(=O)N(C)C)N2CCN(c3cccc(C(F)(F)F)c3)CCC2=O)C1. The number of aliphatic hydroxyl groups excluding tert-OH is 1. The molecule has 1 aromatic carbocycles. The van der Waals surface area contributed by atoms with Crippen molar-refractivity contribution in [3.63, 3.8) is 0 Å². The number of aliphatic hydroxyl groups is 1. The first-order chi connectivity index (χ1) is 16.0. The number of anilines is 1. The molecular weight excluding hydrogens is 449 g/mol. The monoisotopic (exact) mass is 484 g/mol. The van der Waals surface area contributed by atoms with Crippen molar-refractivity contribution in [1.29, 1.82) is 0 Å². The zero-order valence-corrected chi connectivity index (χ0v) is 20.1. The van der Waals surface area contributed by atoms with Gasteiger partial charge in [-0.25, -0.2) is 0 Å². The Balaban J connectivity index is 1.73. The van der Waals surface area contributed by atoms with Crippen LogP contribution in [0.5, 0.6) is 0 Å². The van der Waals surface area contributed by atoms with Crippen LogP contribution < -0.4 is 4.90 Å². The lowest BCUT2D eigenvalue weighted by Gasteiger charge is -2.37. The van der Waals surface area contributed by atoms with Crippen molar-refractivity contribution in [3.8, 4) is 0 Å². The third kappa shape index (κ3) is 6.63. The van der Waals surface area contributed by atoms with Crippen molar-refractivity contribution in [2.75, 3.05) is 58.3 Å². The minimum absolute atomic E-state index is 0.118. The number of carbonyl (C=O) groups is 2. The van der Waals surface area contributed by atoms with Crippen molar-refractivity contribution < 1.29 is 27.9 Å². The largest absolute Gasteiger partial charge is 0.416 e. The fourth-order valence-corrected chi connectivity index (χ4v) is 4.93. The lowest BCUT2D eigenvalue weighted by atomic mass is 9.97. The van der Waals surface area contributed by atoms with Crippen LogP contribution in [0, 0.1) is 5.92 Å². The van der Waals surface area contributed by atoms with Crippen LogP contribution in [-0.2, 0) is 15.8 Å². The number of nitrogens with zero attached hydrogens (tertiary/aromatic N) is 4. The van der Waals surface area contributed by atoms with E-state index in [1.54, 1.807) is 30.0 Å². The van der Waals surface area contributed by atoms with Crippen LogP contribution >= 0.6 is 0 Å². The molecule has 3 atom stereocenters. The van der Waals surface area contributed by atoms with Crippen LogP contribution in [-0.4, -0.2) is 97.1 Å². The Kier molecular flexibility index (Phi) is 8.46. The normalized spacial score (nSPS) is 23.6. The first-order valence-electron chi connectivity index (χ1n) is 11.8. The lowest BCUT2D eigenvalue weighted by molar-refractivity contribution is -0.144. The molecule has 2 fully saturated rings. The summed E-state index contributed by atoms with van der Waals surface area (Å²) in [6.45, 7) is 4.91. The molecule has 1 N–H and O–H groups in total. The van der Waals surface area contributed by atoms with Gasteiger partial charge in [0.05, 0.1) is 11.7 Å². The van der Waals surface area contributed by atoms with E-state index in [1.807, 2.05) is 0 Å². The molecule has 2 aliphatic heterocycles. The molecule has 0 saturated carbocycles.